The van der Waals surface area contributed by atoms with Crippen molar-refractivity contribution in [1.29, 1.82) is 0 Å². The van der Waals surface area contributed by atoms with Gasteiger partial charge in [-0.1, -0.05) is 45.2 Å². The maximum atomic E-state index is 5.73. The van der Waals surface area contributed by atoms with Gasteiger partial charge in [0, 0.05) is 13.1 Å². The van der Waals surface area contributed by atoms with Crippen LogP contribution in [0.5, 0.6) is 0 Å². The zero-order valence-electron chi connectivity index (χ0n) is 12.2. The van der Waals surface area contributed by atoms with Crippen LogP contribution in [0.3, 0.4) is 0 Å². The van der Waals surface area contributed by atoms with Crippen LogP contribution in [-0.2, 0) is 19.5 Å². The normalized spacial score (nSPS) is 11.4. The van der Waals surface area contributed by atoms with Crippen molar-refractivity contribution in [1.82, 2.24) is 15.0 Å². The van der Waals surface area contributed by atoms with Crippen molar-refractivity contribution in [2.45, 2.75) is 72.4 Å². The molecule has 2 N–H and O–H groups in total. The van der Waals surface area contributed by atoms with Gasteiger partial charge in [0.15, 0.2) is 0 Å². The number of unbranched alkanes of at least 4 members (excludes halogenated alkanes) is 3. The van der Waals surface area contributed by atoms with Crippen LogP contribution in [0, 0.1) is 5.92 Å². The average Bonchev–Trinajstić information content (AvgIpc) is 2.74. The van der Waals surface area contributed by atoms with Crippen molar-refractivity contribution in [2.75, 3.05) is 0 Å². The molecule has 4 nitrogen and oxygen atoms in total. The van der Waals surface area contributed by atoms with Gasteiger partial charge in [0.1, 0.15) is 0 Å². The largest absolute Gasteiger partial charge is 0.325 e. The highest BCUT2D eigenvalue weighted by atomic mass is 15.4. The van der Waals surface area contributed by atoms with Crippen molar-refractivity contribution >= 4 is 0 Å². The number of nitrogens with two attached hydrogens (primary N) is 1. The van der Waals surface area contributed by atoms with Crippen LogP contribution in [0.4, 0.5) is 0 Å². The Morgan fingerprint density at radius 2 is 2.00 bits per heavy atom. The first-order valence-corrected chi connectivity index (χ1v) is 7.30. The molecule has 0 atom stereocenters. The van der Waals surface area contributed by atoms with E-state index in [9.17, 15) is 0 Å². The summed E-state index contributed by atoms with van der Waals surface area (Å²) in [6, 6.07) is 0. The highest BCUT2D eigenvalue weighted by molar-refractivity contribution is 5.10. The molecule has 0 amide bonds. The third-order valence-electron chi connectivity index (χ3n) is 3.29. The first kappa shape index (κ1) is 15.2. The second kappa shape index (κ2) is 8.25. The Hall–Kier alpha value is -0.900. The smallest absolute Gasteiger partial charge is 0.0994 e. The second-order valence-corrected chi connectivity index (χ2v) is 5.40. The van der Waals surface area contributed by atoms with E-state index in [2.05, 4.69) is 35.8 Å². The summed E-state index contributed by atoms with van der Waals surface area (Å²) in [6.45, 7) is 8.22. The molecule has 104 valence electrons. The predicted molar refractivity (Wildman–Crippen MR) is 75.2 cm³/mol. The van der Waals surface area contributed by atoms with E-state index in [0.29, 0.717) is 12.5 Å². The van der Waals surface area contributed by atoms with Crippen LogP contribution in [0.15, 0.2) is 0 Å². The van der Waals surface area contributed by atoms with Crippen LogP contribution in [0.25, 0.3) is 0 Å². The fraction of sp³-hybridized carbons (Fsp3) is 0.857. The molecule has 18 heavy (non-hydrogen) atoms. The third kappa shape index (κ3) is 4.77. The first-order chi connectivity index (χ1) is 8.69. The van der Waals surface area contributed by atoms with Crippen molar-refractivity contribution in [3.05, 3.63) is 11.4 Å². The summed E-state index contributed by atoms with van der Waals surface area (Å²) in [5.41, 5.74) is 7.96. The molecule has 0 aliphatic rings. The molecule has 0 unspecified atom stereocenters. The van der Waals surface area contributed by atoms with Crippen LogP contribution in [0.1, 0.15) is 64.3 Å². The maximum Gasteiger partial charge on any atom is 0.0994 e. The van der Waals surface area contributed by atoms with Gasteiger partial charge < -0.3 is 5.73 Å². The Balaban J connectivity index is 2.56. The third-order valence-corrected chi connectivity index (χ3v) is 3.29. The van der Waals surface area contributed by atoms with E-state index in [1.807, 2.05) is 0 Å². The predicted octanol–water partition coefficient (Wildman–Crippen LogP) is 2.91. The average molecular weight is 252 g/mol. The maximum absolute atomic E-state index is 5.73. The quantitative estimate of drug-likeness (QED) is 0.687. The molecule has 0 aliphatic heterocycles. The van der Waals surface area contributed by atoms with E-state index in [4.69, 9.17) is 5.73 Å². The van der Waals surface area contributed by atoms with Gasteiger partial charge in [0.25, 0.3) is 0 Å². The Kier molecular flexibility index (Phi) is 6.94. The fourth-order valence-corrected chi connectivity index (χ4v) is 2.09. The Morgan fingerprint density at radius 1 is 1.22 bits per heavy atom. The minimum Gasteiger partial charge on any atom is -0.325 e. The molecule has 0 spiro atoms. The summed E-state index contributed by atoms with van der Waals surface area (Å²) in [7, 11) is 0. The Bertz CT molecular complexity index is 331. The van der Waals surface area contributed by atoms with E-state index in [-0.39, 0.29) is 0 Å². The molecule has 1 rings (SSSR count). The standard InChI is InChI=1S/C14H28N4/c1-4-5-6-7-10-18-14(9-8-12(2)3)13(11-15)16-17-18/h12H,4-11,15H2,1-3H3. The van der Waals surface area contributed by atoms with Gasteiger partial charge >= 0.3 is 0 Å². The first-order valence-electron chi connectivity index (χ1n) is 7.30. The second-order valence-electron chi connectivity index (χ2n) is 5.40. The van der Waals surface area contributed by atoms with Crippen molar-refractivity contribution in [2.24, 2.45) is 11.7 Å². The zero-order chi connectivity index (χ0) is 13.4. The van der Waals surface area contributed by atoms with Crippen LogP contribution < -0.4 is 5.73 Å². The summed E-state index contributed by atoms with van der Waals surface area (Å²) in [6.07, 6.45) is 7.26. The van der Waals surface area contributed by atoms with Gasteiger partial charge in [-0.15, -0.1) is 5.10 Å². The molecular formula is C14H28N4. The lowest BCUT2D eigenvalue weighted by molar-refractivity contribution is 0.496. The van der Waals surface area contributed by atoms with E-state index in [0.717, 1.165) is 18.7 Å². The lowest BCUT2D eigenvalue weighted by atomic mass is 10.1. The minimum absolute atomic E-state index is 0.502. The van der Waals surface area contributed by atoms with E-state index < -0.39 is 0 Å². The van der Waals surface area contributed by atoms with Crippen LogP contribution in [0.2, 0.25) is 0 Å². The molecule has 0 aromatic carbocycles. The van der Waals surface area contributed by atoms with Crippen molar-refractivity contribution in [3.8, 4) is 0 Å². The van der Waals surface area contributed by atoms with Crippen LogP contribution >= 0.6 is 0 Å². The molecule has 0 aliphatic carbocycles. The molecule has 0 radical (unpaired) electrons. The molecule has 1 aromatic rings. The summed E-state index contributed by atoms with van der Waals surface area (Å²) < 4.78 is 2.07. The highest BCUT2D eigenvalue weighted by Crippen LogP contribution is 2.13. The minimum atomic E-state index is 0.502. The number of aryl methyl sites for hydroxylation is 1. The van der Waals surface area contributed by atoms with Gasteiger partial charge in [0.2, 0.25) is 0 Å². The summed E-state index contributed by atoms with van der Waals surface area (Å²) in [5.74, 6) is 0.707. The topological polar surface area (TPSA) is 56.7 Å². The van der Waals surface area contributed by atoms with Crippen molar-refractivity contribution < 1.29 is 0 Å². The zero-order valence-corrected chi connectivity index (χ0v) is 12.2. The van der Waals surface area contributed by atoms with Crippen molar-refractivity contribution in [3.63, 3.8) is 0 Å². The molecule has 1 aromatic heterocycles. The molecule has 0 fully saturated rings. The Labute approximate surface area is 111 Å². The number of aromatic nitrogens is 3. The number of hydrogen-bond donors (Lipinski definition) is 1. The summed E-state index contributed by atoms with van der Waals surface area (Å²) in [4.78, 5) is 0. The summed E-state index contributed by atoms with van der Waals surface area (Å²) >= 11 is 0. The number of rotatable bonds is 9. The van der Waals surface area contributed by atoms with Crippen LogP contribution in [-0.4, -0.2) is 15.0 Å². The van der Waals surface area contributed by atoms with Gasteiger partial charge in [-0.3, -0.25) is 0 Å². The molecule has 0 bridgehead atoms. The SMILES string of the molecule is CCCCCCn1nnc(CN)c1CCC(C)C. The van der Waals surface area contributed by atoms with Gasteiger partial charge in [-0.05, 0) is 25.2 Å². The summed E-state index contributed by atoms with van der Waals surface area (Å²) in [5, 5.41) is 8.45. The lowest BCUT2D eigenvalue weighted by Gasteiger charge is -2.09. The lowest BCUT2D eigenvalue weighted by Crippen LogP contribution is -2.09. The molecule has 4 heteroatoms. The van der Waals surface area contributed by atoms with Gasteiger partial charge in [-0.25, -0.2) is 4.68 Å². The van der Waals surface area contributed by atoms with Gasteiger partial charge in [-0.2, -0.15) is 0 Å². The number of hydrogen-bond acceptors (Lipinski definition) is 3. The Morgan fingerprint density at radius 3 is 2.61 bits per heavy atom. The van der Waals surface area contributed by atoms with E-state index in [1.54, 1.807) is 0 Å². The molecule has 1 heterocycles. The highest BCUT2D eigenvalue weighted by Gasteiger charge is 2.11. The fourth-order valence-electron chi connectivity index (χ4n) is 2.09. The molecule has 0 saturated carbocycles. The molecular weight excluding hydrogens is 224 g/mol. The van der Waals surface area contributed by atoms with E-state index in [1.165, 1.54) is 37.8 Å². The molecule has 0 saturated heterocycles. The van der Waals surface area contributed by atoms with E-state index >= 15 is 0 Å². The van der Waals surface area contributed by atoms with Gasteiger partial charge in [0.05, 0.1) is 11.4 Å². The monoisotopic (exact) mass is 252 g/mol. The number of nitrogens with zero attached hydrogens (tertiary/aromatic N) is 3.